The van der Waals surface area contributed by atoms with Crippen molar-refractivity contribution >= 4 is 11.9 Å². The molecule has 3 aliphatic carbocycles. The molecular weight excluding hydrogens is 408 g/mol. The molecule has 3 aliphatic rings. The number of carbonyl (C=O) groups excluding carboxylic acids is 1. The van der Waals surface area contributed by atoms with E-state index in [4.69, 9.17) is 0 Å². The molecule has 148 valence electrons. The molecule has 0 aliphatic heterocycles. The predicted octanol–water partition coefficient (Wildman–Crippen LogP) is 5.99. The number of rotatable bonds is 5. The zero-order valence-electron chi connectivity index (χ0n) is 16.7. The minimum Gasteiger partial charge on any atom is -0.294 e. The topological polar surface area (TPSA) is 17.1 Å². The number of allylic oxidation sites excluding steroid dienone is 1. The van der Waals surface area contributed by atoms with Crippen LogP contribution in [0.5, 0.6) is 0 Å². The second kappa shape index (κ2) is 11.7. The second-order valence-corrected chi connectivity index (χ2v) is 7.35. The van der Waals surface area contributed by atoms with Crippen molar-refractivity contribution in [1.29, 1.82) is 0 Å². The van der Waals surface area contributed by atoms with Gasteiger partial charge < -0.3 is 0 Å². The van der Waals surface area contributed by atoms with Crippen LogP contribution in [-0.2, 0) is 17.1 Å². The van der Waals surface area contributed by atoms with Crippen LogP contribution in [0.15, 0.2) is 60.7 Å². The molecule has 1 nitrogen and oxygen atoms in total. The molecule has 0 heterocycles. The Bertz CT molecular complexity index is 791. The molecule has 0 unspecified atom stereocenters. The molecule has 2 atom stereocenters. The summed E-state index contributed by atoms with van der Waals surface area (Å²) in [6.45, 7) is 0. The number of hydrogen-bond donors (Lipinski definition) is 0. The standard InChI is InChI=1S/C23H19O.C5H5.Fe/c24-23(20-14-12-19(13-15-20)18-8-4-5-9-18)22-16-21(22)11-10-17-6-2-1-3-7-17;1-2-4-5-3-1;/h1-15,21-22H,16H2;1-5H;/q;;+2/b11-10+;;/t21-,22-;;/m1../s1. The molecule has 10 radical (unpaired) electrons. The van der Waals surface area contributed by atoms with Crippen LogP contribution in [0.25, 0.3) is 6.08 Å². The first-order chi connectivity index (χ1) is 14.3. The summed E-state index contributed by atoms with van der Waals surface area (Å²) >= 11 is 0. The molecule has 5 rings (SSSR count). The van der Waals surface area contributed by atoms with E-state index in [0.717, 1.165) is 17.5 Å². The minimum absolute atomic E-state index is 0. The maximum absolute atomic E-state index is 12.6. The van der Waals surface area contributed by atoms with E-state index >= 15 is 0 Å². The second-order valence-electron chi connectivity index (χ2n) is 7.35. The first-order valence-corrected chi connectivity index (χ1v) is 10.1. The largest absolute Gasteiger partial charge is 2.00 e. The molecule has 0 spiro atoms. The van der Waals surface area contributed by atoms with Crippen molar-refractivity contribution in [3.8, 4) is 0 Å². The summed E-state index contributed by atoms with van der Waals surface area (Å²) in [5, 5.41) is 0. The Morgan fingerprint density at radius 1 is 0.767 bits per heavy atom. The summed E-state index contributed by atoms with van der Waals surface area (Å²) in [6, 6.07) is 18.2. The molecule has 0 bridgehead atoms. The van der Waals surface area contributed by atoms with Crippen LogP contribution in [0.4, 0.5) is 0 Å². The van der Waals surface area contributed by atoms with Crippen molar-refractivity contribution in [2.24, 2.45) is 11.8 Å². The smallest absolute Gasteiger partial charge is 0.294 e. The Labute approximate surface area is 192 Å². The molecule has 0 amide bonds. The molecular formula is C28H24FeO+2. The summed E-state index contributed by atoms with van der Waals surface area (Å²) in [5.74, 6) is 2.00. The quantitative estimate of drug-likeness (QED) is 0.419. The Balaban J connectivity index is 0.000000376. The number of Topliss-reactive ketones (excluding diaryl/α,β-unsaturated/α-hetero) is 1. The van der Waals surface area contributed by atoms with Gasteiger partial charge in [0, 0.05) is 17.4 Å². The summed E-state index contributed by atoms with van der Waals surface area (Å²) in [5.41, 5.74) is 3.17. The van der Waals surface area contributed by atoms with Gasteiger partial charge in [0.15, 0.2) is 5.78 Å². The van der Waals surface area contributed by atoms with Gasteiger partial charge in [0.05, 0.1) is 0 Å². The SMILES string of the molecule is O=C(c1ccc([C]2[CH][CH][CH][CH]2)cc1)[C@@H]1C[C@H]1/C=C/c1ccccc1.[CH]1[CH][CH][CH][CH]1.[Fe+2]. The van der Waals surface area contributed by atoms with Crippen LogP contribution in [0.3, 0.4) is 0 Å². The van der Waals surface area contributed by atoms with Crippen molar-refractivity contribution in [2.45, 2.75) is 6.42 Å². The Hall–Kier alpha value is -1.63. The van der Waals surface area contributed by atoms with Crippen molar-refractivity contribution in [3.05, 3.63) is 141 Å². The van der Waals surface area contributed by atoms with Gasteiger partial charge >= 0.3 is 17.1 Å². The minimum atomic E-state index is 0. The van der Waals surface area contributed by atoms with Gasteiger partial charge in [-0.2, -0.15) is 0 Å². The zero-order chi connectivity index (χ0) is 19.9. The molecule has 0 N–H and O–H groups in total. The fourth-order valence-electron chi connectivity index (χ4n) is 3.46. The normalized spacial score (nSPS) is 22.9. The summed E-state index contributed by atoms with van der Waals surface area (Å²) in [7, 11) is 0. The van der Waals surface area contributed by atoms with Crippen LogP contribution in [0.2, 0.25) is 0 Å². The van der Waals surface area contributed by atoms with E-state index in [1.807, 2.05) is 87.4 Å². The molecule has 2 aromatic rings. The fourth-order valence-corrected chi connectivity index (χ4v) is 3.46. The van der Waals surface area contributed by atoms with E-state index in [0.29, 0.717) is 5.92 Å². The van der Waals surface area contributed by atoms with Gasteiger partial charge in [-0.3, -0.25) is 4.79 Å². The van der Waals surface area contributed by atoms with Gasteiger partial charge in [-0.25, -0.2) is 0 Å². The summed E-state index contributed by atoms with van der Waals surface area (Å²) in [6.07, 6.45) is 23.5. The van der Waals surface area contributed by atoms with Gasteiger partial charge in [-0.15, -0.1) is 0 Å². The maximum Gasteiger partial charge on any atom is 2.00 e. The molecule has 3 saturated carbocycles. The van der Waals surface area contributed by atoms with Crippen molar-refractivity contribution in [3.63, 3.8) is 0 Å². The third-order valence-corrected chi connectivity index (χ3v) is 5.23. The average Bonchev–Trinajstić information content (AvgIpc) is 3.19. The van der Waals surface area contributed by atoms with Gasteiger partial charge in [0.25, 0.3) is 0 Å². The van der Waals surface area contributed by atoms with Gasteiger partial charge in [0.2, 0.25) is 0 Å². The molecule has 0 aromatic heterocycles. The van der Waals surface area contributed by atoms with E-state index < -0.39 is 0 Å². The monoisotopic (exact) mass is 432 g/mol. The fraction of sp³-hybridized carbons (Fsp3) is 0.107. The number of ketones is 1. The van der Waals surface area contributed by atoms with Crippen molar-refractivity contribution in [1.82, 2.24) is 0 Å². The number of carbonyl (C=O) groups is 1. The van der Waals surface area contributed by atoms with Crippen molar-refractivity contribution < 1.29 is 21.9 Å². The maximum atomic E-state index is 12.6. The van der Waals surface area contributed by atoms with E-state index in [2.05, 4.69) is 37.1 Å². The Morgan fingerprint density at radius 3 is 1.97 bits per heavy atom. The first kappa shape index (κ1) is 23.0. The Kier molecular flexibility index (Phi) is 8.97. The van der Waals surface area contributed by atoms with Crippen LogP contribution in [0, 0.1) is 75.5 Å². The van der Waals surface area contributed by atoms with E-state index in [9.17, 15) is 4.79 Å². The zero-order valence-corrected chi connectivity index (χ0v) is 17.8. The van der Waals surface area contributed by atoms with Crippen LogP contribution in [-0.4, -0.2) is 5.78 Å². The summed E-state index contributed by atoms with van der Waals surface area (Å²) in [4.78, 5) is 12.6. The first-order valence-electron chi connectivity index (χ1n) is 10.1. The van der Waals surface area contributed by atoms with Gasteiger partial charge in [0.1, 0.15) is 0 Å². The van der Waals surface area contributed by atoms with Gasteiger partial charge in [-0.05, 0) is 81.3 Å². The van der Waals surface area contributed by atoms with Gasteiger partial charge in [-0.1, -0.05) is 66.7 Å². The number of hydrogen-bond acceptors (Lipinski definition) is 1. The third kappa shape index (κ3) is 6.43. The van der Waals surface area contributed by atoms with E-state index in [1.165, 1.54) is 11.5 Å². The number of benzene rings is 2. The van der Waals surface area contributed by atoms with Crippen LogP contribution < -0.4 is 0 Å². The average molecular weight is 432 g/mol. The third-order valence-electron chi connectivity index (χ3n) is 5.23. The van der Waals surface area contributed by atoms with E-state index in [1.54, 1.807) is 0 Å². The summed E-state index contributed by atoms with van der Waals surface area (Å²) < 4.78 is 0. The molecule has 30 heavy (non-hydrogen) atoms. The molecule has 3 fully saturated rings. The van der Waals surface area contributed by atoms with Crippen molar-refractivity contribution in [2.75, 3.05) is 0 Å². The van der Waals surface area contributed by atoms with Crippen LogP contribution in [0.1, 0.15) is 27.9 Å². The molecule has 2 heteroatoms. The predicted molar refractivity (Wildman–Crippen MR) is 119 cm³/mol. The molecule has 2 aromatic carbocycles. The van der Waals surface area contributed by atoms with Crippen LogP contribution >= 0.6 is 0 Å². The molecule has 0 saturated heterocycles. The Morgan fingerprint density at radius 2 is 1.37 bits per heavy atom. The van der Waals surface area contributed by atoms with E-state index in [-0.39, 0.29) is 28.8 Å².